The summed E-state index contributed by atoms with van der Waals surface area (Å²) in [5.74, 6) is 0.766. The molecule has 31 heavy (non-hydrogen) atoms. The van der Waals surface area contributed by atoms with Crippen molar-refractivity contribution >= 4 is 12.4 Å². The number of carbonyl (C=O) groups excluding carboxylic acids is 2. The van der Waals surface area contributed by atoms with Crippen LogP contribution in [0.2, 0.25) is 0 Å². The van der Waals surface area contributed by atoms with Crippen LogP contribution in [0.5, 0.6) is 5.75 Å². The van der Waals surface area contributed by atoms with E-state index >= 15 is 0 Å². The summed E-state index contributed by atoms with van der Waals surface area (Å²) in [5, 5.41) is 0. The summed E-state index contributed by atoms with van der Waals surface area (Å²) in [7, 11) is 1.74. The van der Waals surface area contributed by atoms with E-state index in [-0.39, 0.29) is 18.6 Å². The van der Waals surface area contributed by atoms with Gasteiger partial charge in [0.25, 0.3) is 6.47 Å². The number of amides is 1. The Hall–Kier alpha value is -3.60. The van der Waals surface area contributed by atoms with E-state index in [4.69, 9.17) is 9.47 Å². The van der Waals surface area contributed by atoms with Crippen LogP contribution in [-0.2, 0) is 27.4 Å². The second-order valence-corrected chi connectivity index (χ2v) is 7.28. The molecule has 5 heteroatoms. The summed E-state index contributed by atoms with van der Waals surface area (Å²) in [6, 6.07) is 27.1. The second-order valence-electron chi connectivity index (χ2n) is 7.28. The molecule has 0 radical (unpaired) electrons. The van der Waals surface area contributed by atoms with E-state index in [9.17, 15) is 9.59 Å². The minimum atomic E-state index is -0.320. The lowest BCUT2D eigenvalue weighted by Gasteiger charge is -2.28. The van der Waals surface area contributed by atoms with Gasteiger partial charge in [-0.25, -0.2) is 0 Å². The molecule has 0 bridgehead atoms. The van der Waals surface area contributed by atoms with Crippen molar-refractivity contribution in [3.63, 3.8) is 0 Å². The smallest absolute Gasteiger partial charge is 0.293 e. The van der Waals surface area contributed by atoms with Gasteiger partial charge in [-0.3, -0.25) is 9.59 Å². The molecule has 0 saturated heterocycles. The van der Waals surface area contributed by atoms with Gasteiger partial charge in [-0.05, 0) is 35.2 Å². The zero-order valence-corrected chi connectivity index (χ0v) is 17.6. The molecule has 0 aliphatic carbocycles. The molecule has 1 amide bonds. The highest BCUT2D eigenvalue weighted by Crippen LogP contribution is 2.22. The van der Waals surface area contributed by atoms with E-state index in [1.807, 2.05) is 84.9 Å². The molecule has 0 unspecified atom stereocenters. The lowest BCUT2D eigenvalue weighted by molar-refractivity contribution is -0.138. The van der Waals surface area contributed by atoms with E-state index in [0.29, 0.717) is 25.9 Å². The topological polar surface area (TPSA) is 55.8 Å². The number of nitrogens with zero attached hydrogens (tertiary/aromatic N) is 1. The van der Waals surface area contributed by atoms with Crippen LogP contribution >= 0.6 is 0 Å². The molecule has 5 nitrogen and oxygen atoms in total. The normalized spacial score (nSPS) is 11.4. The molecule has 0 saturated carbocycles. The van der Waals surface area contributed by atoms with Crippen LogP contribution in [0, 0.1) is 0 Å². The van der Waals surface area contributed by atoms with Crippen molar-refractivity contribution in [3.8, 4) is 5.75 Å². The molecule has 0 aromatic heterocycles. The van der Waals surface area contributed by atoms with Gasteiger partial charge < -0.3 is 14.4 Å². The largest absolute Gasteiger partial charge is 0.489 e. The first-order chi connectivity index (χ1) is 15.2. The maximum Gasteiger partial charge on any atom is 0.293 e. The van der Waals surface area contributed by atoms with E-state index in [1.165, 1.54) is 0 Å². The van der Waals surface area contributed by atoms with Gasteiger partial charge in [0.05, 0.1) is 6.04 Å². The number of hydrogen-bond acceptors (Lipinski definition) is 4. The molecule has 0 fully saturated rings. The van der Waals surface area contributed by atoms with Crippen LogP contribution in [0.3, 0.4) is 0 Å². The Morgan fingerprint density at radius 1 is 0.935 bits per heavy atom. The molecule has 0 spiro atoms. The van der Waals surface area contributed by atoms with E-state index in [2.05, 4.69) is 0 Å². The van der Waals surface area contributed by atoms with Crippen LogP contribution in [-0.4, -0.2) is 30.9 Å². The lowest BCUT2D eigenvalue weighted by atomic mass is 10.0. The molecular formula is C26H27NO4. The van der Waals surface area contributed by atoms with E-state index in [0.717, 1.165) is 22.4 Å². The minimum absolute atomic E-state index is 0.0149. The highest BCUT2D eigenvalue weighted by atomic mass is 16.5. The van der Waals surface area contributed by atoms with Gasteiger partial charge in [-0.2, -0.15) is 0 Å². The highest BCUT2D eigenvalue weighted by molar-refractivity contribution is 5.76. The Kier molecular flexibility index (Phi) is 8.23. The quantitative estimate of drug-likeness (QED) is 0.429. The number of hydrogen-bond donors (Lipinski definition) is 0. The number of carbonyl (C=O) groups is 2. The average Bonchev–Trinajstić information content (AvgIpc) is 2.83. The first-order valence-corrected chi connectivity index (χ1v) is 10.3. The standard InChI is InChI=1S/C26H27NO4/c1-27(25(19-30-20-28)23-12-6-3-7-13-23)26(29)16-15-21-11-8-14-24(17-21)31-18-22-9-4-2-5-10-22/h2-14,17,20,25H,15-16,18-19H2,1H3/t25-/m0/s1. The fourth-order valence-corrected chi connectivity index (χ4v) is 3.37. The molecule has 0 N–H and O–H groups in total. The summed E-state index contributed by atoms with van der Waals surface area (Å²) in [5.41, 5.74) is 3.07. The van der Waals surface area contributed by atoms with Gasteiger partial charge in [0.1, 0.15) is 19.0 Å². The number of aryl methyl sites for hydroxylation is 1. The van der Waals surface area contributed by atoms with Gasteiger partial charge >= 0.3 is 0 Å². The van der Waals surface area contributed by atoms with Crippen molar-refractivity contribution in [1.82, 2.24) is 4.90 Å². The van der Waals surface area contributed by atoms with Crippen molar-refractivity contribution in [2.45, 2.75) is 25.5 Å². The molecule has 3 aromatic rings. The maximum absolute atomic E-state index is 12.8. The summed E-state index contributed by atoms with van der Waals surface area (Å²) in [6.45, 7) is 1.04. The van der Waals surface area contributed by atoms with Gasteiger partial charge in [-0.1, -0.05) is 72.8 Å². The van der Waals surface area contributed by atoms with E-state index in [1.54, 1.807) is 11.9 Å². The third-order valence-corrected chi connectivity index (χ3v) is 5.14. The Morgan fingerprint density at radius 3 is 2.32 bits per heavy atom. The third kappa shape index (κ3) is 6.71. The summed E-state index contributed by atoms with van der Waals surface area (Å²) < 4.78 is 10.9. The molecule has 3 rings (SSSR count). The molecule has 0 heterocycles. The molecule has 160 valence electrons. The maximum atomic E-state index is 12.8. The van der Waals surface area contributed by atoms with Crippen LogP contribution in [0.4, 0.5) is 0 Å². The fraction of sp³-hybridized carbons (Fsp3) is 0.231. The molecule has 1 atom stereocenters. The van der Waals surface area contributed by atoms with Crippen LogP contribution in [0.25, 0.3) is 0 Å². The van der Waals surface area contributed by atoms with Crippen molar-refractivity contribution in [2.75, 3.05) is 13.7 Å². The van der Waals surface area contributed by atoms with Crippen molar-refractivity contribution in [3.05, 3.63) is 102 Å². The van der Waals surface area contributed by atoms with E-state index < -0.39 is 0 Å². The number of ether oxygens (including phenoxy) is 2. The van der Waals surface area contributed by atoms with Crippen LogP contribution in [0.1, 0.15) is 29.2 Å². The van der Waals surface area contributed by atoms with Gasteiger partial charge in [0.15, 0.2) is 0 Å². The lowest BCUT2D eigenvalue weighted by Crippen LogP contribution is -2.34. The Labute approximate surface area is 183 Å². The number of rotatable bonds is 11. The van der Waals surface area contributed by atoms with Gasteiger partial charge in [0, 0.05) is 13.5 Å². The van der Waals surface area contributed by atoms with Gasteiger partial charge in [0.2, 0.25) is 5.91 Å². The third-order valence-electron chi connectivity index (χ3n) is 5.14. The molecular weight excluding hydrogens is 390 g/mol. The van der Waals surface area contributed by atoms with Gasteiger partial charge in [-0.15, -0.1) is 0 Å². The zero-order valence-electron chi connectivity index (χ0n) is 17.6. The van der Waals surface area contributed by atoms with Crippen LogP contribution < -0.4 is 4.74 Å². The number of likely N-dealkylation sites (N-methyl/N-ethyl adjacent to an activating group) is 1. The molecule has 0 aliphatic rings. The SMILES string of the molecule is CN(C(=O)CCc1cccc(OCc2ccccc2)c1)[C@@H](COC=O)c1ccccc1. The van der Waals surface area contributed by atoms with Crippen molar-refractivity contribution < 1.29 is 19.1 Å². The Balaban J connectivity index is 1.58. The van der Waals surface area contributed by atoms with Crippen LogP contribution in [0.15, 0.2) is 84.9 Å². The minimum Gasteiger partial charge on any atom is -0.489 e. The number of benzene rings is 3. The first kappa shape index (κ1) is 22.1. The Morgan fingerprint density at radius 2 is 1.61 bits per heavy atom. The fourth-order valence-electron chi connectivity index (χ4n) is 3.37. The van der Waals surface area contributed by atoms with Crippen molar-refractivity contribution in [1.29, 1.82) is 0 Å². The summed E-state index contributed by atoms with van der Waals surface area (Å²) >= 11 is 0. The first-order valence-electron chi connectivity index (χ1n) is 10.3. The highest BCUT2D eigenvalue weighted by Gasteiger charge is 2.22. The second kappa shape index (κ2) is 11.6. The predicted octanol–water partition coefficient (Wildman–Crippen LogP) is 4.57. The predicted molar refractivity (Wildman–Crippen MR) is 120 cm³/mol. The zero-order chi connectivity index (χ0) is 21.9. The Bertz CT molecular complexity index is 959. The molecule has 0 aliphatic heterocycles. The van der Waals surface area contributed by atoms with Crippen molar-refractivity contribution in [2.24, 2.45) is 0 Å². The monoisotopic (exact) mass is 417 g/mol. The molecule has 3 aromatic carbocycles. The summed E-state index contributed by atoms with van der Waals surface area (Å²) in [4.78, 5) is 25.2. The summed E-state index contributed by atoms with van der Waals surface area (Å²) in [6.07, 6.45) is 0.949. The average molecular weight is 418 g/mol.